The summed E-state index contributed by atoms with van der Waals surface area (Å²) in [5, 5.41) is 13.6. The van der Waals surface area contributed by atoms with Crippen molar-refractivity contribution >= 4 is 64.1 Å². The quantitative estimate of drug-likeness (QED) is 0.339. The van der Waals surface area contributed by atoms with E-state index in [1.54, 1.807) is 42.5 Å². The summed E-state index contributed by atoms with van der Waals surface area (Å²) >= 11 is 24.0. The maximum Gasteiger partial charge on any atom is 0.266 e. The number of anilines is 1. The minimum Gasteiger partial charge on any atom is -0.457 e. The number of benzene rings is 2. The lowest BCUT2D eigenvalue weighted by Crippen LogP contribution is -2.13. The maximum absolute atomic E-state index is 12.4. The van der Waals surface area contributed by atoms with Crippen LogP contribution in [0.1, 0.15) is 5.76 Å². The van der Waals surface area contributed by atoms with Gasteiger partial charge < -0.3 is 9.73 Å². The van der Waals surface area contributed by atoms with Gasteiger partial charge in [0, 0.05) is 21.7 Å². The van der Waals surface area contributed by atoms with E-state index in [9.17, 15) is 10.1 Å². The number of hydrogen-bond donors (Lipinski definition) is 1. The zero-order chi connectivity index (χ0) is 20.3. The number of rotatable bonds is 4. The van der Waals surface area contributed by atoms with Crippen LogP contribution in [-0.4, -0.2) is 5.91 Å². The van der Waals surface area contributed by atoms with Crippen molar-refractivity contribution in [2.75, 3.05) is 5.32 Å². The van der Waals surface area contributed by atoms with Gasteiger partial charge >= 0.3 is 0 Å². The predicted molar refractivity (Wildman–Crippen MR) is 113 cm³/mol. The van der Waals surface area contributed by atoms with Crippen LogP contribution in [0.4, 0.5) is 5.69 Å². The highest BCUT2D eigenvalue weighted by atomic mass is 35.5. The van der Waals surface area contributed by atoms with Crippen LogP contribution >= 0.6 is 46.4 Å². The van der Waals surface area contributed by atoms with Crippen LogP contribution < -0.4 is 5.32 Å². The van der Waals surface area contributed by atoms with Gasteiger partial charge in [0.2, 0.25) is 0 Å². The molecule has 0 aliphatic heterocycles. The van der Waals surface area contributed by atoms with Crippen LogP contribution in [0.3, 0.4) is 0 Å². The van der Waals surface area contributed by atoms with Gasteiger partial charge in [-0.05, 0) is 48.5 Å². The number of nitrogens with one attached hydrogen (secondary N) is 1. The standard InChI is InChI=1S/C20H10Cl4N2O2/c21-12-1-4-16(23)15(8-12)19-6-3-14(28-19)7-11(10-25)20(27)26-18-5-2-13(22)9-17(18)24/h1-9H,(H,26,27)/b11-7+. The number of carbonyl (C=O) groups is 1. The van der Waals surface area contributed by atoms with Crippen LogP contribution in [-0.2, 0) is 4.79 Å². The normalized spacial score (nSPS) is 11.2. The Kier molecular flexibility index (Phi) is 6.33. The van der Waals surface area contributed by atoms with Crippen molar-refractivity contribution in [1.29, 1.82) is 5.26 Å². The fourth-order valence-electron chi connectivity index (χ4n) is 2.33. The molecule has 0 atom stereocenters. The molecule has 8 heteroatoms. The first-order valence-corrected chi connectivity index (χ1v) is 9.32. The molecule has 0 saturated carbocycles. The van der Waals surface area contributed by atoms with Gasteiger partial charge in [-0.2, -0.15) is 5.26 Å². The van der Waals surface area contributed by atoms with E-state index in [2.05, 4.69) is 5.32 Å². The van der Waals surface area contributed by atoms with Crippen LogP contribution in [0.25, 0.3) is 17.4 Å². The van der Waals surface area contributed by atoms with Crippen molar-refractivity contribution in [2.45, 2.75) is 0 Å². The van der Waals surface area contributed by atoms with E-state index < -0.39 is 5.91 Å². The van der Waals surface area contributed by atoms with Gasteiger partial charge in [0.25, 0.3) is 5.91 Å². The fourth-order valence-corrected chi connectivity index (χ4v) is 3.17. The Bertz CT molecular complexity index is 1130. The molecule has 1 aromatic heterocycles. The first kappa shape index (κ1) is 20.3. The van der Waals surface area contributed by atoms with Gasteiger partial charge in [-0.1, -0.05) is 46.4 Å². The van der Waals surface area contributed by atoms with E-state index in [1.807, 2.05) is 6.07 Å². The molecule has 0 saturated heterocycles. The third kappa shape index (κ3) is 4.70. The Morgan fingerprint density at radius 2 is 1.68 bits per heavy atom. The fraction of sp³-hybridized carbons (Fsp3) is 0. The molecule has 0 radical (unpaired) electrons. The molecule has 1 heterocycles. The second kappa shape index (κ2) is 8.72. The number of nitrogens with zero attached hydrogens (tertiary/aromatic N) is 1. The molecular formula is C20H10Cl4N2O2. The summed E-state index contributed by atoms with van der Waals surface area (Å²) < 4.78 is 5.68. The van der Waals surface area contributed by atoms with E-state index in [0.29, 0.717) is 37.8 Å². The molecule has 140 valence electrons. The molecule has 0 bridgehead atoms. The molecule has 28 heavy (non-hydrogen) atoms. The minimum absolute atomic E-state index is 0.163. The zero-order valence-electron chi connectivity index (χ0n) is 14.0. The first-order valence-electron chi connectivity index (χ1n) is 7.81. The average molecular weight is 452 g/mol. The Morgan fingerprint density at radius 1 is 0.964 bits per heavy atom. The smallest absolute Gasteiger partial charge is 0.266 e. The molecule has 0 spiro atoms. The Balaban J connectivity index is 1.85. The van der Waals surface area contributed by atoms with Crippen LogP contribution in [0, 0.1) is 11.3 Å². The lowest BCUT2D eigenvalue weighted by molar-refractivity contribution is -0.112. The van der Waals surface area contributed by atoms with Gasteiger partial charge in [-0.3, -0.25) is 4.79 Å². The van der Waals surface area contributed by atoms with Crippen molar-refractivity contribution in [3.05, 3.63) is 80.0 Å². The van der Waals surface area contributed by atoms with Crippen LogP contribution in [0.2, 0.25) is 20.1 Å². The summed E-state index contributed by atoms with van der Waals surface area (Å²) in [5.74, 6) is 0.127. The van der Waals surface area contributed by atoms with Crippen molar-refractivity contribution in [3.8, 4) is 17.4 Å². The lowest BCUT2D eigenvalue weighted by atomic mass is 10.2. The highest BCUT2D eigenvalue weighted by Crippen LogP contribution is 2.32. The first-order chi connectivity index (χ1) is 13.4. The summed E-state index contributed by atoms with van der Waals surface area (Å²) in [6, 6.07) is 14.7. The second-order valence-corrected chi connectivity index (χ2v) is 7.26. The monoisotopic (exact) mass is 450 g/mol. The molecule has 1 N–H and O–H groups in total. The zero-order valence-corrected chi connectivity index (χ0v) is 17.0. The Labute approximate surface area is 180 Å². The highest BCUT2D eigenvalue weighted by Gasteiger charge is 2.14. The van der Waals surface area contributed by atoms with E-state index >= 15 is 0 Å². The molecule has 1 amide bonds. The minimum atomic E-state index is -0.634. The number of carbonyl (C=O) groups excluding carboxylic acids is 1. The molecule has 2 aromatic carbocycles. The number of hydrogen-bond acceptors (Lipinski definition) is 3. The summed E-state index contributed by atoms with van der Waals surface area (Å²) in [6.45, 7) is 0. The van der Waals surface area contributed by atoms with Gasteiger partial charge in [0.15, 0.2) is 0 Å². The molecule has 0 aliphatic carbocycles. The van der Waals surface area contributed by atoms with Crippen LogP contribution in [0.5, 0.6) is 0 Å². The SMILES string of the molecule is N#C/C(=C\c1ccc(-c2cc(Cl)ccc2Cl)o1)C(=O)Nc1ccc(Cl)cc1Cl. The largest absolute Gasteiger partial charge is 0.457 e. The van der Waals surface area contributed by atoms with Crippen LogP contribution in [0.15, 0.2) is 58.5 Å². The van der Waals surface area contributed by atoms with Crippen molar-refractivity contribution in [2.24, 2.45) is 0 Å². The molecule has 3 rings (SSSR count). The third-order valence-electron chi connectivity index (χ3n) is 3.65. The molecule has 4 nitrogen and oxygen atoms in total. The second-order valence-electron chi connectivity index (χ2n) is 5.57. The number of amides is 1. The van der Waals surface area contributed by atoms with Gasteiger partial charge in [-0.25, -0.2) is 0 Å². The third-order valence-corrected chi connectivity index (χ3v) is 4.76. The molecular weight excluding hydrogens is 442 g/mol. The van der Waals surface area contributed by atoms with Crippen molar-refractivity contribution < 1.29 is 9.21 Å². The maximum atomic E-state index is 12.4. The van der Waals surface area contributed by atoms with E-state index in [0.717, 1.165) is 0 Å². The van der Waals surface area contributed by atoms with Crippen molar-refractivity contribution in [1.82, 2.24) is 0 Å². The number of furan rings is 1. The average Bonchev–Trinajstić information content (AvgIpc) is 3.12. The van der Waals surface area contributed by atoms with E-state index in [1.165, 1.54) is 12.1 Å². The topological polar surface area (TPSA) is 66.0 Å². The predicted octanol–water partition coefficient (Wildman–Crippen LogP) is 7.11. The summed E-state index contributed by atoms with van der Waals surface area (Å²) in [6.07, 6.45) is 1.32. The lowest BCUT2D eigenvalue weighted by Gasteiger charge is -2.06. The summed E-state index contributed by atoms with van der Waals surface area (Å²) in [7, 11) is 0. The molecule has 0 unspecified atom stereocenters. The molecule has 0 fully saturated rings. The highest BCUT2D eigenvalue weighted by molar-refractivity contribution is 6.37. The Hall–Kier alpha value is -2.42. The van der Waals surface area contributed by atoms with Gasteiger partial charge in [-0.15, -0.1) is 0 Å². The van der Waals surface area contributed by atoms with Gasteiger partial charge in [0.1, 0.15) is 23.2 Å². The Morgan fingerprint density at radius 3 is 2.39 bits per heavy atom. The number of nitriles is 1. The van der Waals surface area contributed by atoms with E-state index in [4.69, 9.17) is 50.8 Å². The van der Waals surface area contributed by atoms with E-state index in [-0.39, 0.29) is 10.6 Å². The summed E-state index contributed by atoms with van der Waals surface area (Å²) in [4.78, 5) is 12.4. The molecule has 3 aromatic rings. The summed E-state index contributed by atoms with van der Waals surface area (Å²) in [5.41, 5.74) is 0.775. The van der Waals surface area contributed by atoms with Gasteiger partial charge in [0.05, 0.1) is 15.7 Å². The van der Waals surface area contributed by atoms with Crippen molar-refractivity contribution in [3.63, 3.8) is 0 Å². The molecule has 0 aliphatic rings. The number of halogens is 4.